The van der Waals surface area contributed by atoms with Gasteiger partial charge in [-0.25, -0.2) is 0 Å². The molecule has 1 aromatic carbocycles. The van der Waals surface area contributed by atoms with E-state index in [0.29, 0.717) is 18.6 Å². The van der Waals surface area contributed by atoms with Gasteiger partial charge in [-0.2, -0.15) is 13.2 Å². The first-order valence-corrected chi connectivity index (χ1v) is 7.93. The first-order chi connectivity index (χ1) is 10.8. The van der Waals surface area contributed by atoms with Crippen molar-refractivity contribution in [3.8, 4) is 0 Å². The number of alkyl halides is 3. The average molecular weight is 346 g/mol. The summed E-state index contributed by atoms with van der Waals surface area (Å²) in [4.78, 5) is 11.1. The standard InChI is InChI=1S/C16H17F3O3S/c1-10(15-21-8-7-14(22-15)23-11(2)20)9-12-3-5-13(6-4-12)16(17,18)19/h3-6,9,14-15H,7-8H2,1-2H3/b10-9+/t14-,15-/m0/s1. The normalized spacial score (nSPS) is 22.9. The summed E-state index contributed by atoms with van der Waals surface area (Å²) in [6.07, 6.45) is -2.60. The van der Waals surface area contributed by atoms with E-state index in [4.69, 9.17) is 9.47 Å². The molecule has 1 aliphatic rings. The van der Waals surface area contributed by atoms with E-state index in [0.717, 1.165) is 29.5 Å². The molecule has 0 bridgehead atoms. The van der Waals surface area contributed by atoms with E-state index in [1.165, 1.54) is 19.1 Å². The maximum absolute atomic E-state index is 12.5. The molecule has 1 saturated heterocycles. The van der Waals surface area contributed by atoms with Crippen LogP contribution < -0.4 is 0 Å². The van der Waals surface area contributed by atoms with Gasteiger partial charge in [0.2, 0.25) is 0 Å². The van der Waals surface area contributed by atoms with Crippen molar-refractivity contribution in [3.05, 3.63) is 41.0 Å². The molecule has 0 aromatic heterocycles. The van der Waals surface area contributed by atoms with E-state index >= 15 is 0 Å². The van der Waals surface area contributed by atoms with Crippen LogP contribution in [0.4, 0.5) is 13.2 Å². The van der Waals surface area contributed by atoms with E-state index in [-0.39, 0.29) is 10.6 Å². The first kappa shape index (κ1) is 18.0. The fourth-order valence-electron chi connectivity index (χ4n) is 2.13. The Hall–Kier alpha value is -1.31. The topological polar surface area (TPSA) is 35.5 Å². The summed E-state index contributed by atoms with van der Waals surface area (Å²) in [6, 6.07) is 4.88. The lowest BCUT2D eigenvalue weighted by Crippen LogP contribution is -2.31. The third kappa shape index (κ3) is 5.37. The molecule has 0 N–H and O–H groups in total. The Morgan fingerprint density at radius 2 is 1.91 bits per heavy atom. The molecule has 23 heavy (non-hydrogen) atoms. The molecule has 2 atom stereocenters. The highest BCUT2D eigenvalue weighted by Crippen LogP contribution is 2.30. The molecule has 7 heteroatoms. The van der Waals surface area contributed by atoms with Crippen LogP contribution in [-0.2, 0) is 20.4 Å². The maximum atomic E-state index is 12.5. The Labute approximate surface area is 136 Å². The fourth-order valence-corrected chi connectivity index (χ4v) is 2.87. The summed E-state index contributed by atoms with van der Waals surface area (Å²) >= 11 is 1.11. The number of thioether (sulfide) groups is 1. The van der Waals surface area contributed by atoms with Crippen LogP contribution >= 0.6 is 11.8 Å². The second kappa shape index (κ2) is 7.51. The molecule has 0 saturated carbocycles. The molecule has 0 amide bonds. The summed E-state index contributed by atoms with van der Waals surface area (Å²) in [5, 5.41) is -0.0278. The molecule has 0 spiro atoms. The fraction of sp³-hybridized carbons (Fsp3) is 0.438. The van der Waals surface area contributed by atoms with Crippen molar-refractivity contribution in [1.82, 2.24) is 0 Å². The molecular formula is C16H17F3O3S. The number of halogens is 3. The van der Waals surface area contributed by atoms with Gasteiger partial charge in [-0.3, -0.25) is 4.79 Å². The van der Waals surface area contributed by atoms with E-state index in [1.54, 1.807) is 13.0 Å². The number of carbonyl (C=O) groups is 1. The molecule has 126 valence electrons. The number of hydrogen-bond donors (Lipinski definition) is 0. The molecule has 0 radical (unpaired) electrons. The Balaban J connectivity index is 2.05. The monoisotopic (exact) mass is 346 g/mol. The van der Waals surface area contributed by atoms with Gasteiger partial charge in [-0.1, -0.05) is 30.0 Å². The minimum Gasteiger partial charge on any atom is -0.349 e. The predicted molar refractivity (Wildman–Crippen MR) is 82.6 cm³/mol. The number of ether oxygens (including phenoxy) is 2. The number of hydrogen-bond acceptors (Lipinski definition) is 4. The van der Waals surface area contributed by atoms with Gasteiger partial charge in [-0.15, -0.1) is 0 Å². The average Bonchev–Trinajstić information content (AvgIpc) is 2.46. The van der Waals surface area contributed by atoms with Crippen LogP contribution in [0.1, 0.15) is 31.4 Å². The largest absolute Gasteiger partial charge is 0.416 e. The molecule has 2 rings (SSSR count). The third-order valence-electron chi connectivity index (χ3n) is 3.20. The van der Waals surface area contributed by atoms with Crippen molar-refractivity contribution >= 4 is 23.0 Å². The van der Waals surface area contributed by atoms with Crippen LogP contribution in [-0.4, -0.2) is 23.4 Å². The minimum atomic E-state index is -4.34. The molecule has 3 nitrogen and oxygen atoms in total. The SMILES string of the molecule is CC(=O)S[C@H]1CCO[C@H](/C(C)=C/c2ccc(C(F)(F)F)cc2)O1. The lowest BCUT2D eigenvalue weighted by molar-refractivity contribution is -0.166. The van der Waals surface area contributed by atoms with Crippen LogP contribution in [0.2, 0.25) is 0 Å². The highest BCUT2D eigenvalue weighted by molar-refractivity contribution is 8.13. The molecule has 0 unspecified atom stereocenters. The zero-order valence-electron chi connectivity index (χ0n) is 12.7. The molecular weight excluding hydrogens is 329 g/mol. The van der Waals surface area contributed by atoms with Gasteiger partial charge in [0.15, 0.2) is 11.4 Å². The number of rotatable bonds is 3. The van der Waals surface area contributed by atoms with Crippen molar-refractivity contribution < 1.29 is 27.4 Å². The molecule has 1 aliphatic heterocycles. The smallest absolute Gasteiger partial charge is 0.349 e. The van der Waals surface area contributed by atoms with Crippen molar-refractivity contribution in [2.45, 2.75) is 38.2 Å². The Morgan fingerprint density at radius 3 is 2.48 bits per heavy atom. The van der Waals surface area contributed by atoms with E-state index in [9.17, 15) is 18.0 Å². The third-order valence-corrected chi connectivity index (χ3v) is 4.14. The van der Waals surface area contributed by atoms with Crippen LogP contribution in [0.25, 0.3) is 6.08 Å². The van der Waals surface area contributed by atoms with Crippen molar-refractivity contribution in [2.24, 2.45) is 0 Å². The van der Waals surface area contributed by atoms with Crippen LogP contribution in [0.5, 0.6) is 0 Å². The highest BCUT2D eigenvalue weighted by atomic mass is 32.2. The summed E-state index contributed by atoms with van der Waals surface area (Å²) in [5.74, 6) is 0. The minimum absolute atomic E-state index is 0.0278. The zero-order chi connectivity index (χ0) is 17.0. The lowest BCUT2D eigenvalue weighted by Gasteiger charge is -2.29. The highest BCUT2D eigenvalue weighted by Gasteiger charge is 2.30. The van der Waals surface area contributed by atoms with Crippen LogP contribution in [0.3, 0.4) is 0 Å². The lowest BCUT2D eigenvalue weighted by atomic mass is 10.1. The van der Waals surface area contributed by atoms with Crippen molar-refractivity contribution in [2.75, 3.05) is 6.61 Å². The zero-order valence-corrected chi connectivity index (χ0v) is 13.5. The van der Waals surface area contributed by atoms with E-state index in [1.807, 2.05) is 0 Å². The molecule has 1 fully saturated rings. The molecule has 0 aliphatic carbocycles. The summed E-state index contributed by atoms with van der Waals surface area (Å²) in [7, 11) is 0. The quantitative estimate of drug-likeness (QED) is 0.808. The van der Waals surface area contributed by atoms with Crippen LogP contribution in [0, 0.1) is 0 Å². The van der Waals surface area contributed by atoms with Gasteiger partial charge in [-0.05, 0) is 30.2 Å². The van der Waals surface area contributed by atoms with Gasteiger partial charge in [0.05, 0.1) is 12.2 Å². The van der Waals surface area contributed by atoms with Crippen LogP contribution in [0.15, 0.2) is 29.8 Å². The summed E-state index contributed by atoms with van der Waals surface area (Å²) in [6.45, 7) is 3.72. The van der Waals surface area contributed by atoms with Crippen molar-refractivity contribution in [3.63, 3.8) is 0 Å². The summed E-state index contributed by atoms with van der Waals surface area (Å²) < 4.78 is 48.8. The Bertz CT molecular complexity index is 581. The molecule has 1 heterocycles. The molecule has 1 aromatic rings. The second-order valence-corrected chi connectivity index (χ2v) is 6.51. The van der Waals surface area contributed by atoms with Gasteiger partial charge < -0.3 is 9.47 Å². The maximum Gasteiger partial charge on any atom is 0.416 e. The second-order valence-electron chi connectivity index (χ2n) is 5.17. The van der Waals surface area contributed by atoms with Gasteiger partial charge >= 0.3 is 6.18 Å². The Kier molecular flexibility index (Phi) is 5.89. The van der Waals surface area contributed by atoms with Gasteiger partial charge in [0.1, 0.15) is 5.44 Å². The van der Waals surface area contributed by atoms with E-state index in [2.05, 4.69) is 0 Å². The van der Waals surface area contributed by atoms with Gasteiger partial charge in [0, 0.05) is 13.3 Å². The van der Waals surface area contributed by atoms with Gasteiger partial charge in [0.25, 0.3) is 0 Å². The van der Waals surface area contributed by atoms with Crippen molar-refractivity contribution in [1.29, 1.82) is 0 Å². The predicted octanol–water partition coefficient (Wildman–Crippen LogP) is 4.48. The Morgan fingerprint density at radius 1 is 1.26 bits per heavy atom. The van der Waals surface area contributed by atoms with E-state index < -0.39 is 18.0 Å². The first-order valence-electron chi connectivity index (χ1n) is 7.05. The summed E-state index contributed by atoms with van der Waals surface area (Å²) in [5.41, 5.74) is 0.417. The number of carbonyl (C=O) groups excluding carboxylic acids is 1. The number of benzene rings is 1.